The Labute approximate surface area is 155 Å². The fourth-order valence-electron chi connectivity index (χ4n) is 2.36. The molecule has 0 aliphatic carbocycles. The molecule has 0 atom stereocenters. The van der Waals surface area contributed by atoms with Crippen molar-refractivity contribution in [3.8, 4) is 5.75 Å². The van der Waals surface area contributed by atoms with E-state index in [2.05, 4.69) is 9.72 Å². The number of hydrogen-bond acceptors (Lipinski definition) is 3. The molecule has 0 saturated heterocycles. The molecule has 0 amide bonds. The van der Waals surface area contributed by atoms with Gasteiger partial charge < -0.3 is 4.74 Å². The van der Waals surface area contributed by atoms with Gasteiger partial charge in [-0.15, -0.1) is 0 Å². The maximum Gasteiger partial charge on any atom is 0.422 e. The summed E-state index contributed by atoms with van der Waals surface area (Å²) in [5.74, 6) is 0.0913. The van der Waals surface area contributed by atoms with Crippen LogP contribution in [0.4, 0.5) is 13.2 Å². The lowest BCUT2D eigenvalue weighted by Crippen LogP contribution is -2.21. The Kier molecular flexibility index (Phi) is 5.11. The molecule has 0 aliphatic heterocycles. The number of halogens is 5. The molecule has 136 valence electrons. The molecule has 0 bridgehead atoms. The van der Waals surface area contributed by atoms with Crippen LogP contribution in [0.25, 0.3) is 10.9 Å². The van der Waals surface area contributed by atoms with Crippen molar-refractivity contribution in [3.05, 3.63) is 68.7 Å². The van der Waals surface area contributed by atoms with Crippen LogP contribution in [0.5, 0.6) is 5.75 Å². The summed E-state index contributed by atoms with van der Waals surface area (Å²) in [5.41, 5.74) is 0.728. The maximum absolute atomic E-state index is 12.6. The minimum absolute atomic E-state index is 0.0913. The third-order valence-corrected chi connectivity index (χ3v) is 4.03. The maximum atomic E-state index is 12.6. The molecule has 3 aromatic rings. The minimum atomic E-state index is -4.40. The molecule has 1 aromatic heterocycles. The summed E-state index contributed by atoms with van der Waals surface area (Å²) in [6.45, 7) is -1.17. The highest BCUT2D eigenvalue weighted by atomic mass is 35.5. The van der Waals surface area contributed by atoms with Gasteiger partial charge >= 0.3 is 6.18 Å². The lowest BCUT2D eigenvalue weighted by molar-refractivity contribution is -0.153. The van der Waals surface area contributed by atoms with Crippen molar-refractivity contribution in [2.75, 3.05) is 6.61 Å². The van der Waals surface area contributed by atoms with Crippen molar-refractivity contribution < 1.29 is 17.9 Å². The van der Waals surface area contributed by atoms with Gasteiger partial charge in [-0.3, -0.25) is 9.36 Å². The number of ether oxygens (including phenoxy) is 1. The van der Waals surface area contributed by atoms with E-state index in [4.69, 9.17) is 23.2 Å². The molecule has 1 heterocycles. The van der Waals surface area contributed by atoms with Crippen LogP contribution >= 0.6 is 23.2 Å². The van der Waals surface area contributed by atoms with Gasteiger partial charge in [0, 0.05) is 5.02 Å². The second-order valence-electron chi connectivity index (χ2n) is 5.51. The Morgan fingerprint density at radius 3 is 2.46 bits per heavy atom. The van der Waals surface area contributed by atoms with E-state index >= 15 is 0 Å². The van der Waals surface area contributed by atoms with Gasteiger partial charge in [-0.25, -0.2) is 4.98 Å². The first kappa shape index (κ1) is 18.5. The number of rotatable bonds is 4. The van der Waals surface area contributed by atoms with Crippen molar-refractivity contribution in [1.82, 2.24) is 9.55 Å². The highest BCUT2D eigenvalue weighted by molar-refractivity contribution is 6.38. The molecule has 3 rings (SSSR count). The van der Waals surface area contributed by atoms with Crippen LogP contribution in [-0.4, -0.2) is 22.3 Å². The fourth-order valence-corrected chi connectivity index (χ4v) is 2.90. The SMILES string of the molecule is O=c1c2cc(Cl)cc(Cl)c2ncn1Cc1ccc(OCC(F)(F)F)cc1. The highest BCUT2D eigenvalue weighted by Crippen LogP contribution is 2.24. The first-order valence-corrected chi connectivity index (χ1v) is 8.11. The summed E-state index contributed by atoms with van der Waals surface area (Å²) in [6.07, 6.45) is -3.04. The lowest BCUT2D eigenvalue weighted by atomic mass is 10.2. The molecule has 0 fully saturated rings. The summed E-state index contributed by atoms with van der Waals surface area (Å²) in [4.78, 5) is 16.7. The topological polar surface area (TPSA) is 44.1 Å². The van der Waals surface area contributed by atoms with Crippen molar-refractivity contribution in [1.29, 1.82) is 0 Å². The molecule has 0 unspecified atom stereocenters. The smallest absolute Gasteiger partial charge is 0.422 e. The molecule has 9 heteroatoms. The van der Waals surface area contributed by atoms with Gasteiger partial charge in [-0.05, 0) is 29.8 Å². The van der Waals surface area contributed by atoms with E-state index in [0.717, 1.165) is 0 Å². The first-order valence-electron chi connectivity index (χ1n) is 7.35. The van der Waals surface area contributed by atoms with Gasteiger partial charge in [0.15, 0.2) is 6.61 Å². The molecule has 0 radical (unpaired) electrons. The van der Waals surface area contributed by atoms with Crippen LogP contribution in [0.2, 0.25) is 10.0 Å². The summed E-state index contributed by atoms with van der Waals surface area (Å²) >= 11 is 12.0. The second-order valence-corrected chi connectivity index (χ2v) is 6.35. The van der Waals surface area contributed by atoms with Gasteiger partial charge in [0.1, 0.15) is 5.75 Å². The Hall–Kier alpha value is -2.25. The van der Waals surface area contributed by atoms with Crippen molar-refractivity contribution in [2.24, 2.45) is 0 Å². The average molecular weight is 403 g/mol. The zero-order valence-electron chi connectivity index (χ0n) is 13.1. The highest BCUT2D eigenvalue weighted by Gasteiger charge is 2.28. The average Bonchev–Trinajstić information content (AvgIpc) is 2.56. The standard InChI is InChI=1S/C17H11Cl2F3N2O2/c18-11-5-13-15(14(19)6-11)23-9-24(16(13)25)7-10-1-3-12(4-2-10)26-8-17(20,21)22/h1-6,9H,7-8H2. The fraction of sp³-hybridized carbons (Fsp3) is 0.176. The van der Waals surface area contributed by atoms with E-state index in [1.54, 1.807) is 12.1 Å². The van der Waals surface area contributed by atoms with Crippen molar-refractivity contribution in [3.63, 3.8) is 0 Å². The van der Waals surface area contributed by atoms with Crippen molar-refractivity contribution in [2.45, 2.75) is 12.7 Å². The molecule has 0 saturated carbocycles. The molecule has 26 heavy (non-hydrogen) atoms. The number of aromatic nitrogens is 2. The predicted molar refractivity (Wildman–Crippen MR) is 93.1 cm³/mol. The summed E-state index contributed by atoms with van der Waals surface area (Å²) in [6, 6.07) is 8.97. The van der Waals surface area contributed by atoms with E-state index in [0.29, 0.717) is 16.1 Å². The quantitative estimate of drug-likeness (QED) is 0.635. The molecular formula is C17H11Cl2F3N2O2. The van der Waals surface area contributed by atoms with E-state index in [1.165, 1.54) is 35.2 Å². The van der Waals surface area contributed by atoms with Crippen LogP contribution in [0, 0.1) is 0 Å². The predicted octanol–water partition coefficient (Wildman–Crippen LogP) is 4.69. The van der Waals surface area contributed by atoms with Crippen molar-refractivity contribution >= 4 is 34.1 Å². The largest absolute Gasteiger partial charge is 0.484 e. The van der Waals surface area contributed by atoms with E-state index in [9.17, 15) is 18.0 Å². The van der Waals surface area contributed by atoms with E-state index < -0.39 is 12.8 Å². The third kappa shape index (κ3) is 4.28. The van der Waals surface area contributed by atoms with Gasteiger partial charge in [-0.1, -0.05) is 35.3 Å². The Morgan fingerprint density at radius 1 is 1.12 bits per heavy atom. The Morgan fingerprint density at radius 2 is 1.81 bits per heavy atom. The molecule has 2 aromatic carbocycles. The summed E-state index contributed by atoms with van der Waals surface area (Å²) in [5, 5.41) is 0.892. The third-order valence-electron chi connectivity index (χ3n) is 3.52. The molecule has 4 nitrogen and oxygen atoms in total. The summed E-state index contributed by atoms with van der Waals surface area (Å²) < 4.78 is 42.5. The van der Waals surface area contributed by atoms with Gasteiger partial charge in [0.05, 0.1) is 28.8 Å². The molecular weight excluding hydrogens is 392 g/mol. The lowest BCUT2D eigenvalue weighted by Gasteiger charge is -2.10. The van der Waals surface area contributed by atoms with Gasteiger partial charge in [-0.2, -0.15) is 13.2 Å². The Balaban J connectivity index is 1.83. The number of nitrogens with zero attached hydrogens (tertiary/aromatic N) is 2. The van der Waals surface area contributed by atoms with Crippen LogP contribution in [0.1, 0.15) is 5.56 Å². The zero-order chi connectivity index (χ0) is 18.9. The van der Waals surface area contributed by atoms with Crippen LogP contribution < -0.4 is 10.3 Å². The summed E-state index contributed by atoms with van der Waals surface area (Å²) in [7, 11) is 0. The molecule has 0 aliphatic rings. The second kappa shape index (κ2) is 7.17. The van der Waals surface area contributed by atoms with Gasteiger partial charge in [0.25, 0.3) is 5.56 Å². The molecule has 0 N–H and O–H groups in total. The zero-order valence-corrected chi connectivity index (χ0v) is 14.6. The number of benzene rings is 2. The number of hydrogen-bond donors (Lipinski definition) is 0. The van der Waals surface area contributed by atoms with Crippen LogP contribution in [-0.2, 0) is 6.54 Å². The molecule has 0 spiro atoms. The minimum Gasteiger partial charge on any atom is -0.484 e. The van der Waals surface area contributed by atoms with Gasteiger partial charge in [0.2, 0.25) is 0 Å². The van der Waals surface area contributed by atoms with E-state index in [1.807, 2.05) is 0 Å². The number of fused-ring (bicyclic) bond motifs is 1. The Bertz CT molecular complexity index is 1000. The van der Waals surface area contributed by atoms with E-state index in [-0.39, 0.29) is 28.3 Å². The number of alkyl halides is 3. The first-order chi connectivity index (χ1) is 12.2. The monoisotopic (exact) mass is 402 g/mol. The van der Waals surface area contributed by atoms with Crippen LogP contribution in [0.3, 0.4) is 0 Å². The van der Waals surface area contributed by atoms with Crippen LogP contribution in [0.15, 0.2) is 47.5 Å². The normalized spacial score (nSPS) is 11.7.